The first kappa shape index (κ1) is 15.8. The number of hydrogen-bond donors (Lipinski definition) is 2. The fourth-order valence-corrected chi connectivity index (χ4v) is 3.13. The van der Waals surface area contributed by atoms with E-state index in [-0.39, 0.29) is 24.7 Å². The van der Waals surface area contributed by atoms with Gasteiger partial charge in [0.15, 0.2) is 0 Å². The molecule has 2 N–H and O–H groups in total. The quantitative estimate of drug-likeness (QED) is 0.760. The van der Waals surface area contributed by atoms with E-state index in [1.54, 1.807) is 18.2 Å². The van der Waals surface area contributed by atoms with Gasteiger partial charge in [0.1, 0.15) is 5.82 Å². The fourth-order valence-electron chi connectivity index (χ4n) is 2.24. The van der Waals surface area contributed by atoms with Crippen molar-refractivity contribution in [3.05, 3.63) is 30.1 Å². The van der Waals surface area contributed by atoms with E-state index in [0.29, 0.717) is 23.5 Å². The molecule has 1 saturated carbocycles. The van der Waals surface area contributed by atoms with Gasteiger partial charge in [0.05, 0.1) is 5.41 Å². The normalized spacial score (nSPS) is 16.0. The largest absolute Gasteiger partial charge is 0.481 e. The minimum Gasteiger partial charge on any atom is -0.481 e. The lowest BCUT2D eigenvalue weighted by molar-refractivity contribution is -0.154. The molecule has 1 aliphatic carbocycles. The molecule has 0 unspecified atom stereocenters. The molecule has 4 nitrogen and oxygen atoms in total. The number of rotatable bonds is 7. The Labute approximate surface area is 127 Å². The molecule has 0 heterocycles. The summed E-state index contributed by atoms with van der Waals surface area (Å²) in [5.74, 6) is -0.851. The number of thioether (sulfide) groups is 1. The smallest absolute Gasteiger partial charge is 0.311 e. The van der Waals surface area contributed by atoms with Gasteiger partial charge in [0, 0.05) is 23.6 Å². The molecule has 21 heavy (non-hydrogen) atoms. The Hall–Kier alpha value is -1.56. The Bertz CT molecular complexity index is 531. The van der Waals surface area contributed by atoms with Gasteiger partial charge in [0.25, 0.3) is 0 Å². The molecule has 1 amide bonds. The topological polar surface area (TPSA) is 66.4 Å². The molecule has 0 spiro atoms. The van der Waals surface area contributed by atoms with Gasteiger partial charge in [-0.05, 0) is 25.0 Å². The molecule has 1 aromatic rings. The van der Waals surface area contributed by atoms with Gasteiger partial charge in [-0.3, -0.25) is 9.59 Å². The van der Waals surface area contributed by atoms with E-state index in [4.69, 9.17) is 5.11 Å². The number of carboxylic acids is 1. The van der Waals surface area contributed by atoms with E-state index in [1.807, 2.05) is 0 Å². The van der Waals surface area contributed by atoms with E-state index in [0.717, 1.165) is 6.42 Å². The Kier molecular flexibility index (Phi) is 5.22. The summed E-state index contributed by atoms with van der Waals surface area (Å²) in [7, 11) is 0. The van der Waals surface area contributed by atoms with E-state index in [1.165, 1.54) is 17.8 Å². The predicted molar refractivity (Wildman–Crippen MR) is 78.7 cm³/mol. The van der Waals surface area contributed by atoms with Crippen LogP contribution in [0.2, 0.25) is 0 Å². The zero-order valence-corrected chi connectivity index (χ0v) is 12.4. The van der Waals surface area contributed by atoms with Crippen LogP contribution in [0.1, 0.15) is 25.7 Å². The number of hydrogen-bond acceptors (Lipinski definition) is 3. The van der Waals surface area contributed by atoms with Crippen LogP contribution in [0.4, 0.5) is 4.39 Å². The van der Waals surface area contributed by atoms with Crippen LogP contribution in [0.5, 0.6) is 0 Å². The van der Waals surface area contributed by atoms with Crippen molar-refractivity contribution in [1.82, 2.24) is 5.32 Å². The molecule has 1 aromatic carbocycles. The second kappa shape index (κ2) is 6.93. The number of carboxylic acid groups (broad SMARTS) is 1. The van der Waals surface area contributed by atoms with Gasteiger partial charge >= 0.3 is 5.97 Å². The molecule has 0 atom stereocenters. The second-order valence-corrected chi connectivity index (χ2v) is 6.38. The minimum atomic E-state index is -0.838. The van der Waals surface area contributed by atoms with Gasteiger partial charge in [-0.15, -0.1) is 11.8 Å². The third-order valence-corrected chi connectivity index (χ3v) is 4.86. The Morgan fingerprint density at radius 1 is 1.33 bits per heavy atom. The highest BCUT2D eigenvalue weighted by molar-refractivity contribution is 7.99. The maximum Gasteiger partial charge on any atom is 0.311 e. The summed E-state index contributed by atoms with van der Waals surface area (Å²) in [6, 6.07) is 6.43. The van der Waals surface area contributed by atoms with Crippen molar-refractivity contribution in [2.45, 2.75) is 30.6 Å². The number of benzene rings is 1. The van der Waals surface area contributed by atoms with Crippen molar-refractivity contribution in [2.24, 2.45) is 5.41 Å². The lowest BCUT2D eigenvalue weighted by Crippen LogP contribution is -2.47. The van der Waals surface area contributed by atoms with Gasteiger partial charge < -0.3 is 10.4 Å². The van der Waals surface area contributed by atoms with Crippen molar-refractivity contribution in [2.75, 3.05) is 12.3 Å². The number of carbonyl (C=O) groups excluding carboxylic acids is 1. The average Bonchev–Trinajstić information content (AvgIpc) is 2.39. The zero-order chi connectivity index (χ0) is 15.3. The summed E-state index contributed by atoms with van der Waals surface area (Å²) >= 11 is 1.28. The molecule has 0 radical (unpaired) electrons. The van der Waals surface area contributed by atoms with E-state index in [9.17, 15) is 14.0 Å². The molecular formula is C15H18FNO3S. The van der Waals surface area contributed by atoms with Crippen LogP contribution in [0, 0.1) is 11.2 Å². The standard InChI is InChI=1S/C15H18FNO3S/c16-11-4-1-2-5-12(11)21-9-6-13(18)17-10-15(14(19)20)7-3-8-15/h1-2,4-5H,3,6-10H2,(H,17,18)(H,19,20). The summed E-state index contributed by atoms with van der Waals surface area (Å²) in [6.07, 6.45) is 2.37. The molecule has 0 aliphatic heterocycles. The molecule has 0 bridgehead atoms. The van der Waals surface area contributed by atoms with Crippen molar-refractivity contribution >= 4 is 23.6 Å². The summed E-state index contributed by atoms with van der Waals surface area (Å²) in [6.45, 7) is 0.186. The second-order valence-electron chi connectivity index (χ2n) is 5.24. The lowest BCUT2D eigenvalue weighted by Gasteiger charge is -2.37. The van der Waals surface area contributed by atoms with Gasteiger partial charge in [-0.2, -0.15) is 0 Å². The third-order valence-electron chi connectivity index (χ3n) is 3.81. The van der Waals surface area contributed by atoms with E-state index >= 15 is 0 Å². The molecular weight excluding hydrogens is 293 g/mol. The van der Waals surface area contributed by atoms with Crippen molar-refractivity contribution in [3.63, 3.8) is 0 Å². The van der Waals surface area contributed by atoms with Gasteiger partial charge in [-0.1, -0.05) is 18.6 Å². The molecule has 1 fully saturated rings. The maximum atomic E-state index is 13.4. The summed E-state index contributed by atoms with van der Waals surface area (Å²) in [5.41, 5.74) is -0.770. The Balaban J connectivity index is 1.71. The number of nitrogens with one attached hydrogen (secondary N) is 1. The highest BCUT2D eigenvalue weighted by Crippen LogP contribution is 2.40. The predicted octanol–water partition coefficient (Wildman–Crippen LogP) is 2.68. The van der Waals surface area contributed by atoms with Crippen LogP contribution < -0.4 is 5.32 Å². The molecule has 6 heteroatoms. The van der Waals surface area contributed by atoms with E-state index < -0.39 is 11.4 Å². The highest BCUT2D eigenvalue weighted by atomic mass is 32.2. The maximum absolute atomic E-state index is 13.4. The summed E-state index contributed by atoms with van der Waals surface area (Å²) < 4.78 is 13.4. The van der Waals surface area contributed by atoms with Crippen molar-refractivity contribution in [1.29, 1.82) is 0 Å². The van der Waals surface area contributed by atoms with Gasteiger partial charge in [-0.25, -0.2) is 4.39 Å². The number of carbonyl (C=O) groups is 2. The first-order valence-corrected chi connectivity index (χ1v) is 7.89. The van der Waals surface area contributed by atoms with Gasteiger partial charge in [0.2, 0.25) is 5.91 Å². The minimum absolute atomic E-state index is 0.186. The summed E-state index contributed by atoms with van der Waals surface area (Å²) in [4.78, 5) is 23.4. The highest BCUT2D eigenvalue weighted by Gasteiger charge is 2.44. The fraction of sp³-hybridized carbons (Fsp3) is 0.467. The van der Waals surface area contributed by atoms with Crippen LogP contribution in [-0.4, -0.2) is 29.3 Å². The average molecular weight is 311 g/mol. The molecule has 114 valence electrons. The Morgan fingerprint density at radius 2 is 2.05 bits per heavy atom. The zero-order valence-electron chi connectivity index (χ0n) is 11.6. The number of amides is 1. The molecule has 0 aromatic heterocycles. The van der Waals surface area contributed by atoms with Crippen LogP contribution in [0.25, 0.3) is 0 Å². The first-order valence-electron chi connectivity index (χ1n) is 6.91. The number of aliphatic carboxylic acids is 1. The third kappa shape index (κ3) is 3.97. The van der Waals surface area contributed by atoms with Crippen LogP contribution in [0.3, 0.4) is 0 Å². The van der Waals surface area contributed by atoms with Crippen LogP contribution in [0.15, 0.2) is 29.2 Å². The monoisotopic (exact) mass is 311 g/mol. The van der Waals surface area contributed by atoms with E-state index in [2.05, 4.69) is 5.32 Å². The van der Waals surface area contributed by atoms with Crippen molar-refractivity contribution in [3.8, 4) is 0 Å². The van der Waals surface area contributed by atoms with Crippen LogP contribution in [-0.2, 0) is 9.59 Å². The molecule has 0 saturated heterocycles. The molecule has 1 aliphatic rings. The SMILES string of the molecule is O=C(CCSc1ccccc1F)NCC1(C(=O)O)CCC1. The Morgan fingerprint density at radius 3 is 2.62 bits per heavy atom. The number of halogens is 1. The lowest BCUT2D eigenvalue weighted by atomic mass is 9.69. The van der Waals surface area contributed by atoms with Crippen LogP contribution >= 0.6 is 11.8 Å². The molecule has 2 rings (SSSR count). The van der Waals surface area contributed by atoms with Crippen molar-refractivity contribution < 1.29 is 19.1 Å². The summed E-state index contributed by atoms with van der Waals surface area (Å²) in [5, 5.41) is 11.8. The first-order chi connectivity index (χ1) is 10.0.